The standard InChI is InChI=1S/C28H40N8O3/c1-34(2)20-6-8-35(9-7-20)10-11-36-27-24(26(29)30-16-31-27)25(33-36)18-4-5-21(23(15-18)38-3)32-28(37)39-22-14-17-12-19(22)13-17/h4-5,15-17,19-20,22,28,32,37H,6-14H2,1-3H3,(H2,29,30,31). The smallest absolute Gasteiger partial charge is 0.235 e. The number of nitrogen functional groups attached to an aromatic ring is 1. The van der Waals surface area contributed by atoms with Gasteiger partial charge in [0.15, 0.2) is 5.65 Å². The second-order valence-electron chi connectivity index (χ2n) is 11.5. The molecule has 2 atom stereocenters. The van der Waals surface area contributed by atoms with Crippen molar-refractivity contribution >= 4 is 22.5 Å². The summed E-state index contributed by atoms with van der Waals surface area (Å²) in [6.07, 6.45) is 6.35. The predicted octanol–water partition coefficient (Wildman–Crippen LogP) is 2.61. The lowest BCUT2D eigenvalue weighted by molar-refractivity contribution is -0.124. The zero-order valence-electron chi connectivity index (χ0n) is 23.1. The molecule has 0 amide bonds. The number of anilines is 2. The van der Waals surface area contributed by atoms with Gasteiger partial charge in [-0.05, 0) is 83.3 Å². The van der Waals surface area contributed by atoms with E-state index in [9.17, 15) is 5.11 Å². The van der Waals surface area contributed by atoms with Gasteiger partial charge in [-0.3, -0.25) is 0 Å². The number of methoxy groups -OCH3 is 1. The summed E-state index contributed by atoms with van der Waals surface area (Å²) in [5, 5.41) is 19.3. The first-order valence-corrected chi connectivity index (χ1v) is 14.0. The topological polar surface area (TPSA) is 127 Å². The van der Waals surface area contributed by atoms with Crippen molar-refractivity contribution < 1.29 is 14.6 Å². The fourth-order valence-corrected chi connectivity index (χ4v) is 6.55. The van der Waals surface area contributed by atoms with Gasteiger partial charge in [-0.25, -0.2) is 14.6 Å². The Balaban J connectivity index is 1.19. The Hall–Kier alpha value is -2.99. The maximum Gasteiger partial charge on any atom is 0.235 e. The first-order chi connectivity index (χ1) is 18.9. The Labute approximate surface area is 229 Å². The average molecular weight is 537 g/mol. The van der Waals surface area contributed by atoms with Crippen molar-refractivity contribution in [3.05, 3.63) is 24.5 Å². The van der Waals surface area contributed by atoms with Crippen molar-refractivity contribution in [2.24, 2.45) is 11.8 Å². The number of ether oxygens (including phenoxy) is 2. The lowest BCUT2D eigenvalue weighted by Gasteiger charge is -2.35. The highest BCUT2D eigenvalue weighted by molar-refractivity contribution is 5.98. The van der Waals surface area contributed by atoms with E-state index >= 15 is 0 Å². The van der Waals surface area contributed by atoms with Crippen LogP contribution in [0.25, 0.3) is 22.3 Å². The number of piperidine rings is 1. The third-order valence-corrected chi connectivity index (χ3v) is 8.90. The molecule has 3 aromatic rings. The molecule has 2 unspecified atom stereocenters. The molecule has 1 aliphatic heterocycles. The summed E-state index contributed by atoms with van der Waals surface area (Å²) in [4.78, 5) is 13.6. The minimum atomic E-state index is -1.10. The lowest BCUT2D eigenvalue weighted by atomic mass is 9.84. The number of hydrogen-bond donors (Lipinski definition) is 3. The molecule has 0 spiro atoms. The zero-order chi connectivity index (χ0) is 27.1. The van der Waals surface area contributed by atoms with E-state index in [0.29, 0.717) is 41.5 Å². The monoisotopic (exact) mass is 536 g/mol. The van der Waals surface area contributed by atoms with Crippen molar-refractivity contribution in [2.45, 2.75) is 57.2 Å². The van der Waals surface area contributed by atoms with Gasteiger partial charge in [0.05, 0.1) is 30.8 Å². The fraction of sp³-hybridized carbons (Fsp3) is 0.607. The van der Waals surface area contributed by atoms with Crippen molar-refractivity contribution in [1.82, 2.24) is 29.5 Å². The summed E-state index contributed by atoms with van der Waals surface area (Å²) >= 11 is 0. The third kappa shape index (κ3) is 5.28. The van der Waals surface area contributed by atoms with Crippen LogP contribution in [0.15, 0.2) is 24.5 Å². The highest BCUT2D eigenvalue weighted by Crippen LogP contribution is 2.50. The quantitative estimate of drug-likeness (QED) is 0.333. The van der Waals surface area contributed by atoms with Crippen molar-refractivity contribution in [2.75, 3.05) is 51.9 Å². The van der Waals surface area contributed by atoms with Crippen LogP contribution < -0.4 is 15.8 Å². The molecule has 4 aliphatic rings. The number of nitrogens with one attached hydrogen (secondary N) is 1. The van der Waals surface area contributed by atoms with E-state index < -0.39 is 6.41 Å². The number of aliphatic hydroxyl groups is 1. The number of nitrogens with two attached hydrogens (primary N) is 1. The molecule has 0 radical (unpaired) electrons. The largest absolute Gasteiger partial charge is 0.495 e. The normalized spacial score (nSPS) is 24.3. The Morgan fingerprint density at radius 1 is 1.15 bits per heavy atom. The maximum absolute atomic E-state index is 10.6. The van der Waals surface area contributed by atoms with Gasteiger partial charge in [-0.2, -0.15) is 5.10 Å². The molecule has 2 bridgehead atoms. The molecule has 4 N–H and O–H groups in total. The van der Waals surface area contributed by atoms with Crippen LogP contribution in [0.4, 0.5) is 11.5 Å². The summed E-state index contributed by atoms with van der Waals surface area (Å²) in [7, 11) is 5.93. The van der Waals surface area contributed by atoms with Gasteiger partial charge in [0.2, 0.25) is 6.41 Å². The molecular formula is C28H40N8O3. The van der Waals surface area contributed by atoms with Gasteiger partial charge in [0.1, 0.15) is 23.6 Å². The molecule has 3 saturated carbocycles. The van der Waals surface area contributed by atoms with Crippen LogP contribution in [-0.4, -0.2) is 94.1 Å². The molecule has 4 fully saturated rings. The van der Waals surface area contributed by atoms with Crippen LogP contribution in [0.1, 0.15) is 32.1 Å². The fourth-order valence-electron chi connectivity index (χ4n) is 6.55. The molecule has 210 valence electrons. The number of aliphatic hydroxyl groups excluding tert-OH is 1. The van der Waals surface area contributed by atoms with Gasteiger partial charge in [0, 0.05) is 18.2 Å². The molecule has 11 heteroatoms. The zero-order valence-corrected chi connectivity index (χ0v) is 23.1. The summed E-state index contributed by atoms with van der Waals surface area (Å²) in [6, 6.07) is 6.36. The Kier molecular flexibility index (Phi) is 7.32. The highest BCUT2D eigenvalue weighted by atomic mass is 16.6. The summed E-state index contributed by atoms with van der Waals surface area (Å²) < 4.78 is 13.5. The number of likely N-dealkylation sites (tertiary alicyclic amines) is 1. The maximum atomic E-state index is 10.6. The van der Waals surface area contributed by atoms with Crippen molar-refractivity contribution in [3.8, 4) is 17.0 Å². The van der Waals surface area contributed by atoms with Crippen LogP contribution in [0, 0.1) is 11.8 Å². The average Bonchev–Trinajstić information content (AvgIpc) is 3.60. The molecule has 39 heavy (non-hydrogen) atoms. The van der Waals surface area contributed by atoms with Crippen molar-refractivity contribution in [3.63, 3.8) is 0 Å². The second-order valence-corrected chi connectivity index (χ2v) is 11.5. The number of rotatable bonds is 10. The number of nitrogens with zero attached hydrogens (tertiary/aromatic N) is 6. The van der Waals surface area contributed by atoms with E-state index in [1.54, 1.807) is 7.11 Å². The van der Waals surface area contributed by atoms with E-state index in [4.69, 9.17) is 20.3 Å². The number of hydrogen-bond acceptors (Lipinski definition) is 10. The summed E-state index contributed by atoms with van der Waals surface area (Å²) in [5.41, 5.74) is 9.25. The molecule has 2 aromatic heterocycles. The molecule has 11 nitrogen and oxygen atoms in total. The first kappa shape index (κ1) is 26.2. The minimum absolute atomic E-state index is 0.125. The molecule has 3 aliphatic carbocycles. The number of benzene rings is 1. The Bertz CT molecular complexity index is 1300. The van der Waals surface area contributed by atoms with Gasteiger partial charge in [-0.15, -0.1) is 0 Å². The van der Waals surface area contributed by atoms with E-state index in [2.05, 4.69) is 39.2 Å². The van der Waals surface area contributed by atoms with E-state index in [0.717, 1.165) is 48.6 Å². The second kappa shape index (κ2) is 10.9. The predicted molar refractivity (Wildman–Crippen MR) is 150 cm³/mol. The highest BCUT2D eigenvalue weighted by Gasteiger charge is 2.45. The Morgan fingerprint density at radius 3 is 2.64 bits per heavy atom. The Morgan fingerprint density at radius 2 is 1.95 bits per heavy atom. The molecular weight excluding hydrogens is 496 g/mol. The van der Waals surface area contributed by atoms with Gasteiger partial charge in [0.25, 0.3) is 0 Å². The number of fused-ring (bicyclic) bond motifs is 2. The SMILES string of the molecule is COc1cc(-c2nn(CCN3CCC(N(C)C)CC3)c3ncnc(N)c23)ccc1NC(O)OC1CC2CC1C2. The van der Waals surface area contributed by atoms with Crippen molar-refractivity contribution in [1.29, 1.82) is 0 Å². The molecule has 1 saturated heterocycles. The van der Waals surface area contributed by atoms with Crippen LogP contribution in [0.2, 0.25) is 0 Å². The van der Waals surface area contributed by atoms with Crippen LogP contribution in [-0.2, 0) is 11.3 Å². The lowest BCUT2D eigenvalue weighted by Crippen LogP contribution is -2.42. The minimum Gasteiger partial charge on any atom is -0.495 e. The van der Waals surface area contributed by atoms with Crippen LogP contribution in [0.5, 0.6) is 5.75 Å². The third-order valence-electron chi connectivity index (χ3n) is 8.90. The first-order valence-electron chi connectivity index (χ1n) is 14.0. The molecule has 7 rings (SSSR count). The molecule has 3 heterocycles. The van der Waals surface area contributed by atoms with Gasteiger partial charge >= 0.3 is 0 Å². The van der Waals surface area contributed by atoms with Crippen LogP contribution in [0.3, 0.4) is 0 Å². The van der Waals surface area contributed by atoms with E-state index in [1.807, 2.05) is 22.9 Å². The number of aromatic nitrogens is 4. The van der Waals surface area contributed by atoms with E-state index in [1.165, 1.54) is 32.0 Å². The van der Waals surface area contributed by atoms with E-state index in [-0.39, 0.29) is 6.10 Å². The van der Waals surface area contributed by atoms with Gasteiger partial charge in [-0.1, -0.05) is 6.07 Å². The molecule has 1 aromatic carbocycles. The summed E-state index contributed by atoms with van der Waals surface area (Å²) in [5.74, 6) is 2.32. The summed E-state index contributed by atoms with van der Waals surface area (Å²) in [6.45, 7) is 3.76. The van der Waals surface area contributed by atoms with Crippen LogP contribution >= 0.6 is 0 Å². The van der Waals surface area contributed by atoms with Gasteiger partial charge < -0.3 is 35.4 Å².